The van der Waals surface area contributed by atoms with E-state index in [9.17, 15) is 13.6 Å². The largest absolute Gasteiger partial charge is 0.345 e. The van der Waals surface area contributed by atoms with E-state index in [1.165, 1.54) is 23.0 Å². The summed E-state index contributed by atoms with van der Waals surface area (Å²) in [7, 11) is 0. The number of Topliss-reactive ketones (excluding diaryl/α,β-unsaturated/α-hetero) is 1. The molecule has 0 atom stereocenters. The van der Waals surface area contributed by atoms with Crippen LogP contribution < -0.4 is 0 Å². The first-order valence-corrected chi connectivity index (χ1v) is 10.5. The van der Waals surface area contributed by atoms with Crippen LogP contribution >= 0.6 is 11.3 Å². The normalized spacial score (nSPS) is 12.9. The molecule has 2 aromatic heterocycles. The lowest BCUT2D eigenvalue weighted by atomic mass is 10.00. The molecule has 1 N–H and O–H groups in total. The lowest BCUT2D eigenvalue weighted by molar-refractivity contribution is 0.0990. The second kappa shape index (κ2) is 7.57. The van der Waals surface area contributed by atoms with Crippen LogP contribution in [-0.2, 0) is 19.3 Å². The third-order valence-electron chi connectivity index (χ3n) is 5.36. The molecule has 5 rings (SSSR count). The van der Waals surface area contributed by atoms with Gasteiger partial charge in [0.05, 0.1) is 28.8 Å². The minimum absolute atomic E-state index is 0.213. The zero-order valence-electron chi connectivity index (χ0n) is 15.9. The third-order valence-corrected chi connectivity index (χ3v) is 6.53. The number of aromatic amines is 1. The van der Waals surface area contributed by atoms with Gasteiger partial charge in [0, 0.05) is 17.5 Å². The minimum atomic E-state index is -0.712. The Bertz CT molecular complexity index is 1230. The summed E-state index contributed by atoms with van der Waals surface area (Å²) in [6, 6.07) is 9.88. The quantitative estimate of drug-likeness (QED) is 0.449. The highest BCUT2D eigenvalue weighted by molar-refractivity contribution is 7.17. The van der Waals surface area contributed by atoms with E-state index in [2.05, 4.69) is 33.2 Å². The van der Waals surface area contributed by atoms with Crippen LogP contribution in [0.4, 0.5) is 8.78 Å². The standard InChI is InChI=1S/C23H17F2N3OS/c24-17-4-2-5-18(25)16(17)10-21(29)23-28-19-6-1-3-13-7-8-14(20-11-26-12-27-20)9-15(13)22(19)30-23/h2,4-5,7-9,11-12H,1,3,6,10H2,(H,26,27). The van der Waals surface area contributed by atoms with Crippen molar-refractivity contribution < 1.29 is 13.6 Å². The number of rotatable bonds is 4. The Kier molecular flexibility index (Phi) is 4.75. The summed E-state index contributed by atoms with van der Waals surface area (Å²) < 4.78 is 27.9. The number of nitrogens with zero attached hydrogens (tertiary/aromatic N) is 2. The number of ketones is 1. The van der Waals surface area contributed by atoms with Gasteiger partial charge in [0.2, 0.25) is 0 Å². The van der Waals surface area contributed by atoms with Crippen LogP contribution in [0.1, 0.15) is 33.0 Å². The molecule has 0 fully saturated rings. The smallest absolute Gasteiger partial charge is 0.195 e. The molecule has 30 heavy (non-hydrogen) atoms. The van der Waals surface area contributed by atoms with Crippen LogP contribution in [0, 0.1) is 11.6 Å². The van der Waals surface area contributed by atoms with E-state index in [1.807, 2.05) is 0 Å². The number of thiazole rings is 1. The molecule has 0 aliphatic heterocycles. The van der Waals surface area contributed by atoms with Crippen molar-refractivity contribution >= 4 is 17.1 Å². The van der Waals surface area contributed by atoms with Gasteiger partial charge in [-0.05, 0) is 48.6 Å². The summed E-state index contributed by atoms with van der Waals surface area (Å²) >= 11 is 1.30. The van der Waals surface area contributed by atoms with E-state index in [-0.39, 0.29) is 17.8 Å². The van der Waals surface area contributed by atoms with Crippen molar-refractivity contribution in [2.75, 3.05) is 0 Å². The molecule has 0 saturated carbocycles. The Morgan fingerprint density at radius 1 is 1.13 bits per heavy atom. The van der Waals surface area contributed by atoms with Gasteiger partial charge in [-0.15, -0.1) is 11.3 Å². The third kappa shape index (κ3) is 3.35. The van der Waals surface area contributed by atoms with E-state index in [1.54, 1.807) is 12.5 Å². The summed E-state index contributed by atoms with van der Waals surface area (Å²) in [5.41, 5.74) is 4.85. The molecule has 1 aliphatic carbocycles. The van der Waals surface area contributed by atoms with Crippen LogP contribution in [0.3, 0.4) is 0 Å². The lowest BCUT2D eigenvalue weighted by Gasteiger charge is -2.08. The molecule has 0 radical (unpaired) electrons. The Morgan fingerprint density at radius 3 is 2.73 bits per heavy atom. The summed E-state index contributed by atoms with van der Waals surface area (Å²) in [5, 5.41) is 0.294. The molecule has 0 bridgehead atoms. The maximum absolute atomic E-state index is 14.0. The number of fused-ring (bicyclic) bond motifs is 3. The number of H-pyrrole nitrogens is 1. The van der Waals surface area contributed by atoms with E-state index in [0.29, 0.717) is 5.01 Å². The maximum Gasteiger partial charge on any atom is 0.195 e. The second-order valence-electron chi connectivity index (χ2n) is 7.29. The summed E-state index contributed by atoms with van der Waals surface area (Å²) in [6.45, 7) is 0. The first-order chi connectivity index (χ1) is 14.6. The number of carbonyl (C=O) groups excluding carboxylic acids is 1. The van der Waals surface area contributed by atoms with Crippen LogP contribution in [0.2, 0.25) is 0 Å². The maximum atomic E-state index is 14.0. The van der Waals surface area contributed by atoms with Crippen molar-refractivity contribution in [2.45, 2.75) is 25.7 Å². The molecule has 7 heteroatoms. The zero-order chi connectivity index (χ0) is 20.7. The highest BCUT2D eigenvalue weighted by atomic mass is 32.1. The second-order valence-corrected chi connectivity index (χ2v) is 8.28. The fourth-order valence-corrected chi connectivity index (χ4v) is 4.92. The monoisotopic (exact) mass is 421 g/mol. The Hall–Kier alpha value is -3.19. The van der Waals surface area contributed by atoms with Gasteiger partial charge in [-0.25, -0.2) is 18.7 Å². The van der Waals surface area contributed by atoms with E-state index >= 15 is 0 Å². The minimum Gasteiger partial charge on any atom is -0.345 e. The summed E-state index contributed by atoms with van der Waals surface area (Å²) in [5.74, 6) is -1.80. The molecule has 0 amide bonds. The number of carbonyl (C=O) groups is 1. The molecule has 2 aromatic carbocycles. The van der Waals surface area contributed by atoms with Crippen molar-refractivity contribution in [1.29, 1.82) is 0 Å². The number of aryl methyl sites for hydroxylation is 2. The first kappa shape index (κ1) is 18.8. The molecule has 4 aromatic rings. The molecule has 0 spiro atoms. The zero-order valence-corrected chi connectivity index (χ0v) is 16.7. The molecule has 1 aliphatic rings. The van der Waals surface area contributed by atoms with Crippen LogP contribution in [0.15, 0.2) is 48.9 Å². The molecule has 150 valence electrons. The Balaban J connectivity index is 1.53. The van der Waals surface area contributed by atoms with Crippen molar-refractivity contribution in [2.24, 2.45) is 0 Å². The first-order valence-electron chi connectivity index (χ1n) is 9.68. The molecular weight excluding hydrogens is 404 g/mol. The fraction of sp³-hybridized carbons (Fsp3) is 0.174. The number of benzene rings is 2. The number of halogens is 2. The van der Waals surface area contributed by atoms with Crippen molar-refractivity contribution in [1.82, 2.24) is 15.0 Å². The van der Waals surface area contributed by atoms with Crippen molar-refractivity contribution in [3.8, 4) is 21.7 Å². The van der Waals surface area contributed by atoms with E-state index in [0.717, 1.165) is 58.8 Å². The van der Waals surface area contributed by atoms with Crippen LogP contribution in [0.25, 0.3) is 21.7 Å². The SMILES string of the molecule is O=C(Cc1c(F)cccc1F)c1nc2c(s1)-c1cc(-c3cnc[nH]3)ccc1CCC2. The van der Waals surface area contributed by atoms with Gasteiger partial charge in [0.25, 0.3) is 0 Å². The lowest BCUT2D eigenvalue weighted by Crippen LogP contribution is -2.07. The van der Waals surface area contributed by atoms with Gasteiger partial charge in [-0.2, -0.15) is 0 Å². The highest BCUT2D eigenvalue weighted by Crippen LogP contribution is 2.39. The van der Waals surface area contributed by atoms with E-state index in [4.69, 9.17) is 0 Å². The Morgan fingerprint density at radius 2 is 1.97 bits per heavy atom. The number of aromatic nitrogens is 3. The average molecular weight is 421 g/mol. The molecule has 4 nitrogen and oxygen atoms in total. The number of hydrogen-bond acceptors (Lipinski definition) is 4. The van der Waals surface area contributed by atoms with Crippen molar-refractivity contribution in [3.63, 3.8) is 0 Å². The number of hydrogen-bond donors (Lipinski definition) is 1. The molecule has 2 heterocycles. The van der Waals surface area contributed by atoms with Crippen LogP contribution in [-0.4, -0.2) is 20.7 Å². The fourth-order valence-electron chi connectivity index (χ4n) is 3.82. The van der Waals surface area contributed by atoms with Crippen LogP contribution in [0.5, 0.6) is 0 Å². The number of nitrogens with one attached hydrogen (secondary N) is 1. The highest BCUT2D eigenvalue weighted by Gasteiger charge is 2.24. The van der Waals surface area contributed by atoms with Gasteiger partial charge in [-0.1, -0.05) is 18.2 Å². The number of imidazole rings is 1. The van der Waals surface area contributed by atoms with E-state index < -0.39 is 11.6 Å². The summed E-state index contributed by atoms with van der Waals surface area (Å²) in [6.07, 6.45) is 5.70. The Labute approximate surface area is 175 Å². The van der Waals surface area contributed by atoms with Gasteiger partial charge < -0.3 is 4.98 Å². The average Bonchev–Trinajstić information content (AvgIpc) is 3.39. The van der Waals surface area contributed by atoms with Gasteiger partial charge in [-0.3, -0.25) is 4.79 Å². The van der Waals surface area contributed by atoms with Crippen molar-refractivity contribution in [3.05, 3.63) is 82.4 Å². The van der Waals surface area contributed by atoms with Gasteiger partial charge >= 0.3 is 0 Å². The molecular formula is C23H17F2N3OS. The predicted molar refractivity (Wildman–Crippen MR) is 112 cm³/mol. The van der Waals surface area contributed by atoms with Gasteiger partial charge in [0.15, 0.2) is 10.8 Å². The molecule has 0 unspecified atom stereocenters. The van der Waals surface area contributed by atoms with Gasteiger partial charge in [0.1, 0.15) is 11.6 Å². The summed E-state index contributed by atoms with van der Waals surface area (Å²) in [4.78, 5) is 25.5. The topological polar surface area (TPSA) is 58.6 Å². The molecule has 0 saturated heterocycles. The predicted octanol–water partition coefficient (Wildman–Crippen LogP) is 5.39.